The summed E-state index contributed by atoms with van der Waals surface area (Å²) in [4.78, 5) is 0. The van der Waals surface area contributed by atoms with Crippen molar-refractivity contribution in [2.24, 2.45) is 0 Å². The van der Waals surface area contributed by atoms with Crippen molar-refractivity contribution in [2.45, 2.75) is 38.7 Å². The maximum absolute atomic E-state index is 10.7. The fraction of sp³-hybridized carbons (Fsp3) is 0.300. The van der Waals surface area contributed by atoms with Crippen LogP contribution >= 0.6 is 0 Å². The van der Waals surface area contributed by atoms with Gasteiger partial charge < -0.3 is 5.11 Å². The maximum Gasteiger partial charge on any atom is 0.105 e. The van der Waals surface area contributed by atoms with Crippen LogP contribution in [0.4, 0.5) is 0 Å². The van der Waals surface area contributed by atoms with Crippen molar-refractivity contribution in [1.29, 1.82) is 0 Å². The molecule has 0 spiro atoms. The van der Waals surface area contributed by atoms with Crippen LogP contribution in [0.25, 0.3) is 12.2 Å². The van der Waals surface area contributed by atoms with Gasteiger partial charge in [-0.2, -0.15) is 0 Å². The smallest absolute Gasteiger partial charge is 0.105 e. The van der Waals surface area contributed by atoms with Crippen LogP contribution in [0, 0.1) is 0 Å². The Hall–Kier alpha value is -1.86. The Bertz CT molecular complexity index is 655. The van der Waals surface area contributed by atoms with E-state index >= 15 is 0 Å². The van der Waals surface area contributed by atoms with E-state index in [0.29, 0.717) is 0 Å². The molecule has 0 bridgehead atoms. The van der Waals surface area contributed by atoms with E-state index < -0.39 is 6.10 Å². The zero-order valence-electron chi connectivity index (χ0n) is 12.5. The second kappa shape index (κ2) is 6.28. The zero-order valence-corrected chi connectivity index (χ0v) is 12.5. The first-order chi connectivity index (χ1) is 10.3. The maximum atomic E-state index is 10.7. The number of aliphatic hydroxyl groups excluding tert-OH is 1. The van der Waals surface area contributed by atoms with Gasteiger partial charge in [0.05, 0.1) is 0 Å². The quantitative estimate of drug-likeness (QED) is 0.782. The minimum absolute atomic E-state index is 0.530. The number of hydrogen-bond donors (Lipinski definition) is 1. The molecule has 1 aliphatic rings. The molecule has 3 rings (SSSR count). The molecule has 0 saturated heterocycles. The van der Waals surface area contributed by atoms with Crippen molar-refractivity contribution < 1.29 is 5.11 Å². The Kier molecular flexibility index (Phi) is 4.21. The van der Waals surface area contributed by atoms with Crippen LogP contribution in [0.3, 0.4) is 0 Å². The lowest BCUT2D eigenvalue weighted by molar-refractivity contribution is 0.220. The minimum atomic E-state index is -0.530. The number of unbranched alkanes of at least 4 members (excludes halogenated alkanes) is 2. The third-order valence-electron chi connectivity index (χ3n) is 4.25. The molecule has 0 radical (unpaired) electrons. The first-order valence-electron chi connectivity index (χ1n) is 7.87. The molecule has 0 aliphatic heterocycles. The van der Waals surface area contributed by atoms with Crippen LogP contribution in [-0.4, -0.2) is 5.11 Å². The number of aliphatic hydroxyl groups is 1. The normalized spacial score (nSPS) is 16.2. The van der Waals surface area contributed by atoms with E-state index in [2.05, 4.69) is 43.3 Å². The van der Waals surface area contributed by atoms with E-state index in [1.54, 1.807) is 0 Å². The van der Waals surface area contributed by atoms with Crippen molar-refractivity contribution in [3.63, 3.8) is 0 Å². The Labute approximate surface area is 127 Å². The van der Waals surface area contributed by atoms with Crippen LogP contribution < -0.4 is 0 Å². The van der Waals surface area contributed by atoms with Gasteiger partial charge in [-0.1, -0.05) is 74.4 Å². The summed E-state index contributed by atoms with van der Waals surface area (Å²) in [6, 6.07) is 14.6. The van der Waals surface area contributed by atoms with Gasteiger partial charge in [-0.05, 0) is 40.7 Å². The van der Waals surface area contributed by atoms with Crippen molar-refractivity contribution in [1.82, 2.24) is 0 Å². The second-order valence-electron chi connectivity index (χ2n) is 5.79. The lowest BCUT2D eigenvalue weighted by Gasteiger charge is -2.15. The third-order valence-corrected chi connectivity index (χ3v) is 4.25. The number of benzene rings is 2. The van der Waals surface area contributed by atoms with Gasteiger partial charge in [0, 0.05) is 0 Å². The van der Waals surface area contributed by atoms with Crippen LogP contribution in [0.1, 0.15) is 60.1 Å². The van der Waals surface area contributed by atoms with E-state index in [1.165, 1.54) is 24.8 Å². The largest absolute Gasteiger partial charge is 0.384 e. The van der Waals surface area contributed by atoms with Gasteiger partial charge in [-0.25, -0.2) is 0 Å². The van der Waals surface area contributed by atoms with Crippen molar-refractivity contribution in [3.05, 3.63) is 70.3 Å². The molecule has 21 heavy (non-hydrogen) atoms. The molecule has 1 aliphatic carbocycles. The van der Waals surface area contributed by atoms with Gasteiger partial charge in [0.15, 0.2) is 0 Å². The predicted molar refractivity (Wildman–Crippen MR) is 89.1 cm³/mol. The van der Waals surface area contributed by atoms with E-state index in [-0.39, 0.29) is 0 Å². The predicted octanol–water partition coefficient (Wildman–Crippen LogP) is 4.98. The number of fused-ring (bicyclic) bond motifs is 2. The van der Waals surface area contributed by atoms with Crippen molar-refractivity contribution >= 4 is 12.2 Å². The summed E-state index contributed by atoms with van der Waals surface area (Å²) in [7, 11) is 0. The zero-order chi connectivity index (χ0) is 14.7. The summed E-state index contributed by atoms with van der Waals surface area (Å²) in [6.07, 6.45) is 8.50. The minimum Gasteiger partial charge on any atom is -0.384 e. The fourth-order valence-corrected chi connectivity index (χ4v) is 3.01. The van der Waals surface area contributed by atoms with Crippen molar-refractivity contribution in [3.8, 4) is 0 Å². The molecule has 108 valence electrons. The monoisotopic (exact) mass is 278 g/mol. The summed E-state index contributed by atoms with van der Waals surface area (Å²) < 4.78 is 0. The van der Waals surface area contributed by atoms with Gasteiger partial charge >= 0.3 is 0 Å². The summed E-state index contributed by atoms with van der Waals surface area (Å²) in [5.41, 5.74) is 5.59. The van der Waals surface area contributed by atoms with Crippen LogP contribution in [0.5, 0.6) is 0 Å². The molecule has 1 unspecified atom stereocenters. The summed E-state index contributed by atoms with van der Waals surface area (Å²) >= 11 is 0. The van der Waals surface area contributed by atoms with Gasteiger partial charge in [0.2, 0.25) is 0 Å². The Morgan fingerprint density at radius 3 is 2.48 bits per heavy atom. The molecule has 1 heteroatoms. The Balaban J connectivity index is 1.95. The summed E-state index contributed by atoms with van der Waals surface area (Å²) in [6.45, 7) is 2.22. The van der Waals surface area contributed by atoms with E-state index in [0.717, 1.165) is 28.7 Å². The van der Waals surface area contributed by atoms with Crippen LogP contribution in [0.2, 0.25) is 0 Å². The molecular weight excluding hydrogens is 256 g/mol. The fourth-order valence-electron chi connectivity index (χ4n) is 3.01. The lowest BCUT2D eigenvalue weighted by Crippen LogP contribution is -2.03. The first kappa shape index (κ1) is 14.1. The van der Waals surface area contributed by atoms with Gasteiger partial charge in [-0.15, -0.1) is 0 Å². The average Bonchev–Trinajstić information content (AvgIpc) is 2.66. The van der Waals surface area contributed by atoms with Gasteiger partial charge in [-0.3, -0.25) is 0 Å². The first-order valence-corrected chi connectivity index (χ1v) is 7.87. The Morgan fingerprint density at radius 1 is 0.905 bits per heavy atom. The summed E-state index contributed by atoms with van der Waals surface area (Å²) in [5, 5.41) is 10.7. The van der Waals surface area contributed by atoms with Gasteiger partial charge in [0.25, 0.3) is 0 Å². The molecule has 0 heterocycles. The number of aryl methyl sites for hydroxylation is 1. The highest BCUT2D eigenvalue weighted by Gasteiger charge is 2.18. The highest BCUT2D eigenvalue weighted by atomic mass is 16.3. The van der Waals surface area contributed by atoms with E-state index in [1.807, 2.05) is 18.2 Å². The molecule has 0 fully saturated rings. The average molecular weight is 278 g/mol. The molecule has 1 N–H and O–H groups in total. The molecule has 1 nitrogen and oxygen atoms in total. The molecule has 1 atom stereocenters. The highest BCUT2D eigenvalue weighted by Crippen LogP contribution is 2.33. The topological polar surface area (TPSA) is 20.2 Å². The van der Waals surface area contributed by atoms with E-state index in [9.17, 15) is 5.11 Å². The Morgan fingerprint density at radius 2 is 1.67 bits per heavy atom. The molecule has 0 aromatic heterocycles. The highest BCUT2D eigenvalue weighted by molar-refractivity contribution is 5.76. The molecular formula is C20H22O. The SMILES string of the molecule is CCCCCc1ccc2c(c1)C(O)c1ccccc1C=C2. The summed E-state index contributed by atoms with van der Waals surface area (Å²) in [5.74, 6) is 0. The second-order valence-corrected chi connectivity index (χ2v) is 5.79. The van der Waals surface area contributed by atoms with Gasteiger partial charge in [0.1, 0.15) is 6.10 Å². The van der Waals surface area contributed by atoms with E-state index in [4.69, 9.17) is 0 Å². The standard InChI is InChI=1S/C20H22O/c1-2-3-4-7-15-10-11-17-13-12-16-8-5-6-9-18(16)20(21)19(17)14-15/h5-6,8-14,20-21H,2-4,7H2,1H3. The lowest BCUT2D eigenvalue weighted by atomic mass is 9.94. The van der Waals surface area contributed by atoms with Crippen LogP contribution in [-0.2, 0) is 6.42 Å². The number of hydrogen-bond acceptors (Lipinski definition) is 1. The molecule has 0 amide bonds. The molecule has 2 aromatic carbocycles. The van der Waals surface area contributed by atoms with Crippen molar-refractivity contribution in [2.75, 3.05) is 0 Å². The number of rotatable bonds is 4. The molecule has 2 aromatic rings. The van der Waals surface area contributed by atoms with Crippen LogP contribution in [0.15, 0.2) is 42.5 Å². The third kappa shape index (κ3) is 2.93. The molecule has 0 saturated carbocycles.